The zero-order valence-corrected chi connectivity index (χ0v) is 8.18. The smallest absolute Gasteiger partial charge is 0.247 e. The molecule has 0 bridgehead atoms. The lowest BCUT2D eigenvalue weighted by Crippen LogP contribution is -2.14. The number of rotatable bonds is 2. The molecule has 0 saturated carbocycles. The molecule has 0 aliphatic rings. The maximum atomic E-state index is 10.9. The van der Waals surface area contributed by atoms with E-state index < -0.39 is 0 Å². The van der Waals surface area contributed by atoms with Crippen LogP contribution in [0.25, 0.3) is 0 Å². The minimum Gasteiger partial charge on any atom is -0.329 e. The third kappa shape index (κ3) is 2.14. The minimum absolute atomic E-state index is 0.112. The van der Waals surface area contributed by atoms with Crippen LogP contribution >= 0.6 is 0 Å². The number of pyridine rings is 1. The fourth-order valence-corrected chi connectivity index (χ4v) is 1.47. The zero-order chi connectivity index (χ0) is 10.7. The summed E-state index contributed by atoms with van der Waals surface area (Å²) in [6.45, 7) is 0. The summed E-state index contributed by atoms with van der Waals surface area (Å²) in [5, 5.41) is 0. The molecule has 1 unspecified atom stereocenters. The van der Waals surface area contributed by atoms with Crippen LogP contribution in [0.15, 0.2) is 53.5 Å². The molecule has 0 amide bonds. The van der Waals surface area contributed by atoms with Crippen LogP contribution in [-0.2, 0) is 0 Å². The van der Waals surface area contributed by atoms with Crippen LogP contribution in [0, 0.1) is 0 Å². The van der Waals surface area contributed by atoms with E-state index in [9.17, 15) is 4.79 Å². The van der Waals surface area contributed by atoms with Crippen molar-refractivity contribution >= 4 is 0 Å². The van der Waals surface area contributed by atoms with E-state index in [1.54, 1.807) is 12.3 Å². The standard InChI is InChI=1S/C12H12N2O/c13-12(9-4-2-1-3-5-9)10-6-7-11(15)14-8-10/h1-8,12H,13H2,(H,14,15). The van der Waals surface area contributed by atoms with Crippen LogP contribution in [0.2, 0.25) is 0 Å². The molecule has 3 heteroatoms. The third-order valence-corrected chi connectivity index (χ3v) is 2.33. The molecular weight excluding hydrogens is 188 g/mol. The summed E-state index contributed by atoms with van der Waals surface area (Å²) in [7, 11) is 0. The van der Waals surface area contributed by atoms with E-state index >= 15 is 0 Å². The number of H-pyrrole nitrogens is 1. The number of nitrogens with two attached hydrogens (primary N) is 1. The number of nitrogens with one attached hydrogen (secondary N) is 1. The van der Waals surface area contributed by atoms with Gasteiger partial charge in [0, 0.05) is 12.3 Å². The molecule has 1 aromatic heterocycles. The first-order chi connectivity index (χ1) is 7.27. The Hall–Kier alpha value is -1.87. The molecule has 1 atom stereocenters. The van der Waals surface area contributed by atoms with Gasteiger partial charge in [0.05, 0.1) is 6.04 Å². The summed E-state index contributed by atoms with van der Waals surface area (Å²) in [5.74, 6) is 0. The SMILES string of the molecule is NC(c1ccccc1)c1ccc(=O)[nH]c1. The molecule has 76 valence electrons. The molecule has 0 spiro atoms. The lowest BCUT2D eigenvalue weighted by atomic mass is 10.0. The summed E-state index contributed by atoms with van der Waals surface area (Å²) in [6.07, 6.45) is 1.65. The van der Waals surface area contributed by atoms with Gasteiger partial charge < -0.3 is 10.7 Å². The quantitative estimate of drug-likeness (QED) is 0.770. The predicted molar refractivity (Wildman–Crippen MR) is 59.5 cm³/mol. The third-order valence-electron chi connectivity index (χ3n) is 2.33. The predicted octanol–water partition coefficient (Wildman–Crippen LogP) is 1.42. The maximum absolute atomic E-state index is 10.9. The van der Waals surface area contributed by atoms with E-state index in [4.69, 9.17) is 5.73 Å². The molecule has 0 aliphatic heterocycles. The van der Waals surface area contributed by atoms with E-state index in [0.29, 0.717) is 0 Å². The molecular formula is C12H12N2O. The topological polar surface area (TPSA) is 58.9 Å². The van der Waals surface area contributed by atoms with Crippen molar-refractivity contribution < 1.29 is 0 Å². The fourth-order valence-electron chi connectivity index (χ4n) is 1.47. The molecule has 3 N–H and O–H groups in total. The second-order valence-electron chi connectivity index (χ2n) is 3.37. The lowest BCUT2D eigenvalue weighted by molar-refractivity contribution is 0.861. The largest absolute Gasteiger partial charge is 0.329 e. The van der Waals surface area contributed by atoms with Gasteiger partial charge >= 0.3 is 0 Å². The molecule has 2 rings (SSSR count). The Morgan fingerprint density at radius 2 is 1.73 bits per heavy atom. The number of aromatic nitrogens is 1. The number of aromatic amines is 1. The van der Waals surface area contributed by atoms with Gasteiger partial charge in [-0.05, 0) is 11.1 Å². The Labute approximate surface area is 87.6 Å². The first-order valence-corrected chi connectivity index (χ1v) is 4.76. The molecule has 15 heavy (non-hydrogen) atoms. The van der Waals surface area contributed by atoms with E-state index in [0.717, 1.165) is 11.1 Å². The average molecular weight is 200 g/mol. The molecule has 2 aromatic rings. The van der Waals surface area contributed by atoms with Crippen molar-refractivity contribution in [2.24, 2.45) is 5.73 Å². The first kappa shape index (κ1) is 9.68. The second kappa shape index (κ2) is 4.11. The Morgan fingerprint density at radius 1 is 1.00 bits per heavy atom. The molecule has 0 saturated heterocycles. The van der Waals surface area contributed by atoms with Crippen LogP contribution in [0.1, 0.15) is 17.2 Å². The monoisotopic (exact) mass is 200 g/mol. The van der Waals surface area contributed by atoms with Crippen molar-refractivity contribution in [1.29, 1.82) is 0 Å². The van der Waals surface area contributed by atoms with Crippen LogP contribution in [0.5, 0.6) is 0 Å². The molecule has 0 fully saturated rings. The van der Waals surface area contributed by atoms with Crippen LogP contribution in [0.3, 0.4) is 0 Å². The van der Waals surface area contributed by atoms with Crippen LogP contribution < -0.4 is 11.3 Å². The van der Waals surface area contributed by atoms with Gasteiger partial charge in [0.1, 0.15) is 0 Å². The molecule has 3 nitrogen and oxygen atoms in total. The highest BCUT2D eigenvalue weighted by Gasteiger charge is 2.07. The average Bonchev–Trinajstić information content (AvgIpc) is 2.30. The lowest BCUT2D eigenvalue weighted by Gasteiger charge is -2.11. The minimum atomic E-state index is -0.192. The Balaban J connectivity index is 2.32. The van der Waals surface area contributed by atoms with Crippen molar-refractivity contribution in [3.63, 3.8) is 0 Å². The van der Waals surface area contributed by atoms with Crippen molar-refractivity contribution in [2.45, 2.75) is 6.04 Å². The van der Waals surface area contributed by atoms with Gasteiger partial charge in [0.25, 0.3) is 0 Å². The molecule has 0 aliphatic carbocycles. The summed E-state index contributed by atoms with van der Waals surface area (Å²) in [5.41, 5.74) is 7.87. The van der Waals surface area contributed by atoms with Gasteiger partial charge in [-0.1, -0.05) is 36.4 Å². The second-order valence-corrected chi connectivity index (χ2v) is 3.37. The van der Waals surface area contributed by atoms with E-state index in [1.807, 2.05) is 30.3 Å². The zero-order valence-electron chi connectivity index (χ0n) is 8.18. The van der Waals surface area contributed by atoms with Gasteiger partial charge in [-0.25, -0.2) is 0 Å². The van der Waals surface area contributed by atoms with Crippen molar-refractivity contribution in [1.82, 2.24) is 4.98 Å². The Kier molecular flexibility index (Phi) is 2.65. The van der Waals surface area contributed by atoms with E-state index in [-0.39, 0.29) is 11.6 Å². The number of hydrogen-bond donors (Lipinski definition) is 2. The maximum Gasteiger partial charge on any atom is 0.247 e. The summed E-state index contributed by atoms with van der Waals surface area (Å²) in [6, 6.07) is 12.8. The van der Waals surface area contributed by atoms with Crippen molar-refractivity contribution in [3.05, 3.63) is 70.1 Å². The highest BCUT2D eigenvalue weighted by molar-refractivity contribution is 5.28. The number of benzene rings is 1. The first-order valence-electron chi connectivity index (χ1n) is 4.76. The Bertz CT molecular complexity index is 470. The number of hydrogen-bond acceptors (Lipinski definition) is 2. The molecule has 0 radical (unpaired) electrons. The normalized spacial score (nSPS) is 12.3. The van der Waals surface area contributed by atoms with Crippen molar-refractivity contribution in [2.75, 3.05) is 0 Å². The van der Waals surface area contributed by atoms with Crippen LogP contribution in [0.4, 0.5) is 0 Å². The van der Waals surface area contributed by atoms with Gasteiger partial charge in [0.15, 0.2) is 0 Å². The van der Waals surface area contributed by atoms with Gasteiger partial charge in [0.2, 0.25) is 5.56 Å². The highest BCUT2D eigenvalue weighted by Crippen LogP contribution is 2.16. The van der Waals surface area contributed by atoms with Gasteiger partial charge in [-0.2, -0.15) is 0 Å². The van der Waals surface area contributed by atoms with Gasteiger partial charge in [-0.15, -0.1) is 0 Å². The van der Waals surface area contributed by atoms with Gasteiger partial charge in [-0.3, -0.25) is 4.79 Å². The Morgan fingerprint density at radius 3 is 2.33 bits per heavy atom. The molecule has 1 aromatic carbocycles. The van der Waals surface area contributed by atoms with Crippen LogP contribution in [-0.4, -0.2) is 4.98 Å². The molecule has 1 heterocycles. The van der Waals surface area contributed by atoms with E-state index in [1.165, 1.54) is 6.07 Å². The summed E-state index contributed by atoms with van der Waals surface area (Å²) < 4.78 is 0. The summed E-state index contributed by atoms with van der Waals surface area (Å²) in [4.78, 5) is 13.5. The summed E-state index contributed by atoms with van der Waals surface area (Å²) >= 11 is 0. The van der Waals surface area contributed by atoms with Crippen molar-refractivity contribution in [3.8, 4) is 0 Å². The fraction of sp³-hybridized carbons (Fsp3) is 0.0833. The van der Waals surface area contributed by atoms with E-state index in [2.05, 4.69) is 4.98 Å². The highest BCUT2D eigenvalue weighted by atomic mass is 16.1.